The Morgan fingerprint density at radius 3 is 1.59 bits per heavy atom. The fourth-order valence-corrected chi connectivity index (χ4v) is 12.8. The number of hydrogen-bond acceptors (Lipinski definition) is 3. The van der Waals surface area contributed by atoms with Crippen LogP contribution >= 0.6 is 20.8 Å². The number of rotatable bonds is 10. The van der Waals surface area contributed by atoms with Crippen molar-refractivity contribution in [2.75, 3.05) is 11.5 Å². The van der Waals surface area contributed by atoms with E-state index in [4.69, 9.17) is 0 Å². The van der Waals surface area contributed by atoms with Crippen molar-refractivity contribution in [2.24, 2.45) is 0 Å². The monoisotopic (exact) mass is 595 g/mol. The third-order valence-corrected chi connectivity index (χ3v) is 17.1. The average molecular weight is 597 g/mol. The zero-order valence-corrected chi connectivity index (χ0v) is 24.1. The Balaban J connectivity index is 1.32. The molecule has 4 aromatic carbocycles. The van der Waals surface area contributed by atoms with Crippen molar-refractivity contribution in [2.45, 2.75) is 19.3 Å². The van der Waals surface area contributed by atoms with Gasteiger partial charge >= 0.3 is 221 Å². The summed E-state index contributed by atoms with van der Waals surface area (Å²) in [7, 11) is 0. The van der Waals surface area contributed by atoms with Gasteiger partial charge in [-0.15, -0.1) is 0 Å². The molecule has 6 heteroatoms. The molecule has 1 heterocycles. The van der Waals surface area contributed by atoms with Crippen molar-refractivity contribution >= 4 is 48.4 Å². The van der Waals surface area contributed by atoms with E-state index in [9.17, 15) is 4.79 Å². The van der Waals surface area contributed by atoms with Gasteiger partial charge in [0.15, 0.2) is 0 Å². The first kappa shape index (κ1) is 26.9. The van der Waals surface area contributed by atoms with E-state index in [2.05, 4.69) is 122 Å². The average Bonchev–Trinajstić information content (AvgIpc) is 3.01. The quantitative estimate of drug-likeness (QED) is 0.138. The Labute approximate surface area is 238 Å². The Kier molecular flexibility index (Phi) is 8.30. The maximum absolute atomic E-state index is 12.8. The SMILES string of the molecule is O=C(CCCCP(Br)(c1ccccc1)(c1ccccc1)c1ccccc1)Nc1cnc(-c2ccccc2)cn1. The van der Waals surface area contributed by atoms with E-state index in [1.54, 1.807) is 12.4 Å². The second-order valence-corrected chi connectivity index (χ2v) is 18.6. The predicted octanol–water partition coefficient (Wildman–Crippen LogP) is 7.09. The first-order valence-corrected chi connectivity index (χ1v) is 17.6. The standard InChI is InChI=1S/C33H31BrN3OP/c34-39(28-17-7-2-8-18-28,29-19-9-3-10-20-29,30-21-11-4-12-22-30)24-14-13-23-33(38)37-32-26-35-31(25-36-32)27-15-5-1-6-16-27/h1-12,15-22,25-26H,13-14,23-24H2,(H,36,37,38). The Morgan fingerprint density at radius 2 is 1.13 bits per heavy atom. The first-order chi connectivity index (χ1) is 19.1. The summed E-state index contributed by atoms with van der Waals surface area (Å²) in [5.74, 6) is 0.420. The Bertz CT molecular complexity index is 1400. The predicted molar refractivity (Wildman–Crippen MR) is 169 cm³/mol. The van der Waals surface area contributed by atoms with Gasteiger partial charge in [0.2, 0.25) is 0 Å². The summed E-state index contributed by atoms with van der Waals surface area (Å²) < 4.78 is 0. The summed E-state index contributed by atoms with van der Waals surface area (Å²) in [4.78, 5) is 21.7. The van der Waals surface area contributed by atoms with Crippen molar-refractivity contribution < 1.29 is 4.79 Å². The molecule has 1 N–H and O–H groups in total. The zero-order valence-electron chi connectivity index (χ0n) is 21.7. The molecule has 196 valence electrons. The van der Waals surface area contributed by atoms with Crippen molar-refractivity contribution in [3.05, 3.63) is 134 Å². The van der Waals surface area contributed by atoms with Gasteiger partial charge in [-0.3, -0.25) is 0 Å². The van der Waals surface area contributed by atoms with Crippen molar-refractivity contribution in [3.63, 3.8) is 0 Å². The van der Waals surface area contributed by atoms with Crippen LogP contribution < -0.4 is 21.2 Å². The first-order valence-electron chi connectivity index (χ1n) is 13.1. The second kappa shape index (κ2) is 12.0. The van der Waals surface area contributed by atoms with Gasteiger partial charge < -0.3 is 0 Å². The number of hydrogen-bond donors (Lipinski definition) is 1. The molecular weight excluding hydrogens is 565 g/mol. The fourth-order valence-electron chi connectivity index (χ4n) is 5.10. The summed E-state index contributed by atoms with van der Waals surface area (Å²) in [5.41, 5.74) is 1.77. The number of aromatic nitrogens is 2. The van der Waals surface area contributed by atoms with Crippen LogP contribution in [0.15, 0.2) is 134 Å². The van der Waals surface area contributed by atoms with Crippen LogP contribution in [0.1, 0.15) is 19.3 Å². The van der Waals surface area contributed by atoms with Crippen LogP contribution in [0.2, 0.25) is 0 Å². The number of carbonyl (C=O) groups is 1. The van der Waals surface area contributed by atoms with Crippen molar-refractivity contribution in [1.29, 1.82) is 0 Å². The molecule has 1 aromatic heterocycles. The number of nitrogens with zero attached hydrogens (tertiary/aromatic N) is 2. The van der Waals surface area contributed by atoms with Crippen LogP contribution in [-0.4, -0.2) is 22.0 Å². The van der Waals surface area contributed by atoms with Crippen LogP contribution in [0.4, 0.5) is 5.82 Å². The van der Waals surface area contributed by atoms with E-state index < -0.39 is 5.31 Å². The number of anilines is 1. The Hall–Kier alpha value is -3.66. The normalized spacial score (nSPS) is 12.3. The molecule has 0 saturated heterocycles. The van der Waals surface area contributed by atoms with Crippen molar-refractivity contribution in [3.8, 4) is 11.3 Å². The summed E-state index contributed by atoms with van der Waals surface area (Å²) >= 11 is 4.48. The van der Waals surface area contributed by atoms with Crippen LogP contribution in [0.25, 0.3) is 11.3 Å². The molecular formula is C33H31BrN3OP. The molecule has 0 unspecified atom stereocenters. The minimum absolute atomic E-state index is 0.0502. The van der Waals surface area contributed by atoms with E-state index in [-0.39, 0.29) is 5.91 Å². The van der Waals surface area contributed by atoms with Crippen LogP contribution in [0, 0.1) is 0 Å². The number of unbranched alkanes of at least 4 members (excludes halogenated alkanes) is 1. The molecule has 1 amide bonds. The second-order valence-electron chi connectivity index (χ2n) is 9.57. The number of benzene rings is 4. The molecule has 4 nitrogen and oxygen atoms in total. The number of nitrogens with one attached hydrogen (secondary N) is 1. The third-order valence-electron chi connectivity index (χ3n) is 7.10. The van der Waals surface area contributed by atoms with E-state index in [0.29, 0.717) is 12.2 Å². The van der Waals surface area contributed by atoms with Gasteiger partial charge in [0.05, 0.1) is 0 Å². The molecule has 39 heavy (non-hydrogen) atoms. The van der Waals surface area contributed by atoms with E-state index in [0.717, 1.165) is 30.3 Å². The molecule has 0 radical (unpaired) electrons. The zero-order chi connectivity index (χ0) is 27.0. The molecule has 0 atom stereocenters. The number of amides is 1. The minimum atomic E-state index is -2.97. The third kappa shape index (κ3) is 5.71. The molecule has 0 aliphatic heterocycles. The molecule has 0 spiro atoms. The van der Waals surface area contributed by atoms with E-state index >= 15 is 0 Å². The van der Waals surface area contributed by atoms with Crippen LogP contribution in [-0.2, 0) is 4.79 Å². The summed E-state index contributed by atoms with van der Waals surface area (Å²) in [5, 5.41) is 3.82. The molecule has 0 fully saturated rings. The van der Waals surface area contributed by atoms with E-state index in [1.165, 1.54) is 15.9 Å². The Morgan fingerprint density at radius 1 is 0.641 bits per heavy atom. The maximum atomic E-state index is 12.8. The van der Waals surface area contributed by atoms with E-state index in [1.807, 2.05) is 30.3 Å². The van der Waals surface area contributed by atoms with Gasteiger partial charge in [-0.1, -0.05) is 18.2 Å². The van der Waals surface area contributed by atoms with Gasteiger partial charge in [0.1, 0.15) is 0 Å². The van der Waals surface area contributed by atoms with Crippen molar-refractivity contribution in [1.82, 2.24) is 9.97 Å². The molecule has 0 aliphatic carbocycles. The topological polar surface area (TPSA) is 54.9 Å². The van der Waals surface area contributed by atoms with Crippen LogP contribution in [0.5, 0.6) is 0 Å². The summed E-state index contributed by atoms with van der Waals surface area (Å²) in [6.45, 7) is 0. The molecule has 0 bridgehead atoms. The number of carbonyl (C=O) groups excluding carboxylic acids is 1. The molecule has 0 aliphatic rings. The summed E-state index contributed by atoms with van der Waals surface area (Å²) in [6, 6.07) is 42.1. The van der Waals surface area contributed by atoms with Crippen LogP contribution in [0.3, 0.4) is 0 Å². The fraction of sp³-hybridized carbons (Fsp3) is 0.121. The van der Waals surface area contributed by atoms with Gasteiger partial charge in [-0.05, 0) is 0 Å². The molecule has 5 rings (SSSR count). The molecule has 5 aromatic rings. The van der Waals surface area contributed by atoms with Gasteiger partial charge in [-0.2, -0.15) is 0 Å². The summed E-state index contributed by atoms with van der Waals surface area (Å²) in [6.07, 6.45) is 6.28. The van der Waals surface area contributed by atoms with Gasteiger partial charge in [0, 0.05) is 0 Å². The van der Waals surface area contributed by atoms with Gasteiger partial charge in [0.25, 0.3) is 0 Å². The molecule has 0 saturated carbocycles. The van der Waals surface area contributed by atoms with Gasteiger partial charge in [-0.25, -0.2) is 0 Å². The number of halogens is 1.